The van der Waals surface area contributed by atoms with Crippen LogP contribution in [0.1, 0.15) is 34.3 Å². The number of likely N-dealkylation sites (tertiary alicyclic amines) is 1. The SMILES string of the molecule is COC1CN(CC2CCc3ccccc32)CC1c1cccs1. The maximum atomic E-state index is 5.78. The van der Waals surface area contributed by atoms with Gasteiger partial charge in [0.05, 0.1) is 6.10 Å². The van der Waals surface area contributed by atoms with E-state index in [2.05, 4.69) is 46.7 Å². The topological polar surface area (TPSA) is 12.5 Å². The minimum atomic E-state index is 0.343. The van der Waals surface area contributed by atoms with Crippen molar-refractivity contribution in [2.75, 3.05) is 26.7 Å². The van der Waals surface area contributed by atoms with E-state index in [-0.39, 0.29) is 0 Å². The first-order chi connectivity index (χ1) is 10.8. The highest BCUT2D eigenvalue weighted by Gasteiger charge is 2.36. The molecule has 3 heteroatoms. The summed E-state index contributed by atoms with van der Waals surface area (Å²) in [6, 6.07) is 13.4. The summed E-state index contributed by atoms with van der Waals surface area (Å²) in [6.45, 7) is 3.38. The van der Waals surface area contributed by atoms with Gasteiger partial charge in [-0.3, -0.25) is 4.90 Å². The van der Waals surface area contributed by atoms with Gasteiger partial charge in [-0.1, -0.05) is 30.3 Å². The number of thiophene rings is 1. The van der Waals surface area contributed by atoms with Crippen LogP contribution in [0.15, 0.2) is 41.8 Å². The summed E-state index contributed by atoms with van der Waals surface area (Å²) in [7, 11) is 1.86. The number of methoxy groups -OCH3 is 1. The molecule has 2 aromatic rings. The second-order valence-corrected chi connectivity index (χ2v) is 7.53. The molecule has 2 aliphatic rings. The number of rotatable bonds is 4. The first-order valence-electron chi connectivity index (χ1n) is 8.21. The molecule has 0 N–H and O–H groups in total. The number of fused-ring (bicyclic) bond motifs is 1. The van der Waals surface area contributed by atoms with E-state index < -0.39 is 0 Å². The molecule has 1 aromatic carbocycles. The zero-order valence-electron chi connectivity index (χ0n) is 13.1. The minimum absolute atomic E-state index is 0.343. The average Bonchev–Trinajstić information content (AvgIpc) is 3.26. The van der Waals surface area contributed by atoms with Crippen molar-refractivity contribution in [3.8, 4) is 0 Å². The molecule has 0 spiro atoms. The lowest BCUT2D eigenvalue weighted by atomic mass is 10.0. The fourth-order valence-corrected chi connectivity index (χ4v) is 5.03. The Kier molecular flexibility index (Phi) is 4.03. The highest BCUT2D eigenvalue weighted by Crippen LogP contribution is 2.37. The molecule has 3 atom stereocenters. The molecule has 0 radical (unpaired) electrons. The molecule has 3 unspecified atom stereocenters. The summed E-state index contributed by atoms with van der Waals surface area (Å²) < 4.78 is 5.78. The van der Waals surface area contributed by atoms with Gasteiger partial charge in [0.15, 0.2) is 0 Å². The molecule has 22 heavy (non-hydrogen) atoms. The summed E-state index contributed by atoms with van der Waals surface area (Å²) in [5.74, 6) is 1.25. The maximum Gasteiger partial charge on any atom is 0.0786 e. The van der Waals surface area contributed by atoms with E-state index in [4.69, 9.17) is 4.74 Å². The Bertz CT molecular complexity index is 624. The van der Waals surface area contributed by atoms with Crippen LogP contribution in [0, 0.1) is 0 Å². The predicted molar refractivity (Wildman–Crippen MR) is 91.8 cm³/mol. The third-order valence-corrected chi connectivity index (χ3v) is 6.29. The van der Waals surface area contributed by atoms with Gasteiger partial charge in [0.25, 0.3) is 0 Å². The van der Waals surface area contributed by atoms with Crippen LogP contribution in [-0.4, -0.2) is 37.7 Å². The van der Waals surface area contributed by atoms with Gasteiger partial charge in [0.1, 0.15) is 0 Å². The molecule has 1 fully saturated rings. The van der Waals surface area contributed by atoms with Crippen molar-refractivity contribution >= 4 is 11.3 Å². The zero-order chi connectivity index (χ0) is 14.9. The summed E-state index contributed by atoms with van der Waals surface area (Å²) >= 11 is 1.87. The molecular formula is C19H23NOS. The Morgan fingerprint density at radius 1 is 1.18 bits per heavy atom. The van der Waals surface area contributed by atoms with Gasteiger partial charge in [0, 0.05) is 37.5 Å². The monoisotopic (exact) mass is 313 g/mol. The summed E-state index contributed by atoms with van der Waals surface area (Å²) in [5.41, 5.74) is 3.14. The molecular weight excluding hydrogens is 290 g/mol. The summed E-state index contributed by atoms with van der Waals surface area (Å²) in [5, 5.41) is 2.18. The predicted octanol–water partition coefficient (Wildman–Crippen LogP) is 3.89. The number of hydrogen-bond acceptors (Lipinski definition) is 3. The second kappa shape index (κ2) is 6.15. The fraction of sp³-hybridized carbons (Fsp3) is 0.474. The highest BCUT2D eigenvalue weighted by atomic mass is 32.1. The van der Waals surface area contributed by atoms with E-state index in [0.717, 1.165) is 13.1 Å². The lowest BCUT2D eigenvalue weighted by Crippen LogP contribution is -2.27. The molecule has 1 aromatic heterocycles. The summed E-state index contributed by atoms with van der Waals surface area (Å²) in [4.78, 5) is 4.09. The minimum Gasteiger partial charge on any atom is -0.379 e. The van der Waals surface area contributed by atoms with Crippen LogP contribution in [0.2, 0.25) is 0 Å². The molecule has 0 bridgehead atoms. The van der Waals surface area contributed by atoms with Gasteiger partial charge in [-0.25, -0.2) is 0 Å². The van der Waals surface area contributed by atoms with E-state index in [1.54, 1.807) is 11.1 Å². The van der Waals surface area contributed by atoms with Crippen LogP contribution in [0.25, 0.3) is 0 Å². The first kappa shape index (κ1) is 14.4. The smallest absolute Gasteiger partial charge is 0.0786 e. The highest BCUT2D eigenvalue weighted by molar-refractivity contribution is 7.10. The largest absolute Gasteiger partial charge is 0.379 e. The molecule has 2 nitrogen and oxygen atoms in total. The van der Waals surface area contributed by atoms with Gasteiger partial charge in [-0.2, -0.15) is 0 Å². The van der Waals surface area contributed by atoms with Crippen molar-refractivity contribution in [1.29, 1.82) is 0 Å². The lowest BCUT2D eigenvalue weighted by Gasteiger charge is -2.21. The van der Waals surface area contributed by atoms with Gasteiger partial charge in [-0.05, 0) is 41.3 Å². The van der Waals surface area contributed by atoms with E-state index in [1.807, 2.05) is 18.4 Å². The van der Waals surface area contributed by atoms with Crippen LogP contribution in [0.3, 0.4) is 0 Å². The quantitative estimate of drug-likeness (QED) is 0.849. The van der Waals surface area contributed by atoms with Crippen molar-refractivity contribution in [2.45, 2.75) is 30.8 Å². The number of aryl methyl sites for hydroxylation is 1. The molecule has 2 heterocycles. The van der Waals surface area contributed by atoms with Crippen LogP contribution in [0.5, 0.6) is 0 Å². The molecule has 0 amide bonds. The van der Waals surface area contributed by atoms with E-state index in [1.165, 1.54) is 24.3 Å². The van der Waals surface area contributed by atoms with E-state index in [0.29, 0.717) is 17.9 Å². The third-order valence-electron chi connectivity index (χ3n) is 5.29. The molecule has 4 rings (SSSR count). The number of nitrogens with zero attached hydrogens (tertiary/aromatic N) is 1. The van der Waals surface area contributed by atoms with E-state index in [9.17, 15) is 0 Å². The fourth-order valence-electron chi connectivity index (χ4n) is 4.16. The summed E-state index contributed by atoms with van der Waals surface area (Å²) in [6.07, 6.45) is 2.89. The maximum absolute atomic E-state index is 5.78. The number of ether oxygens (including phenoxy) is 1. The molecule has 1 aliphatic heterocycles. The van der Waals surface area contributed by atoms with Gasteiger partial charge in [-0.15, -0.1) is 11.3 Å². The van der Waals surface area contributed by atoms with Crippen molar-refractivity contribution < 1.29 is 4.74 Å². The Balaban J connectivity index is 1.47. The first-order valence-corrected chi connectivity index (χ1v) is 9.09. The molecule has 1 aliphatic carbocycles. The molecule has 0 saturated carbocycles. The van der Waals surface area contributed by atoms with Crippen molar-refractivity contribution in [3.05, 3.63) is 57.8 Å². The standard InChI is InChI=1S/C19H23NOS/c1-21-18-13-20(12-17(18)19-7-4-10-22-19)11-15-9-8-14-5-2-3-6-16(14)15/h2-7,10,15,17-18H,8-9,11-13H2,1H3. The zero-order valence-corrected chi connectivity index (χ0v) is 13.9. The van der Waals surface area contributed by atoms with Gasteiger partial charge >= 0.3 is 0 Å². The average molecular weight is 313 g/mol. The Labute approximate surface area is 136 Å². The normalized spacial score (nSPS) is 28.1. The van der Waals surface area contributed by atoms with Gasteiger partial charge < -0.3 is 4.74 Å². The lowest BCUT2D eigenvalue weighted by molar-refractivity contribution is 0.0972. The molecule has 1 saturated heterocycles. The third kappa shape index (κ3) is 2.62. The van der Waals surface area contributed by atoms with E-state index >= 15 is 0 Å². The number of benzene rings is 1. The second-order valence-electron chi connectivity index (χ2n) is 6.55. The van der Waals surface area contributed by atoms with Crippen LogP contribution in [0.4, 0.5) is 0 Å². The van der Waals surface area contributed by atoms with Crippen LogP contribution >= 0.6 is 11.3 Å². The molecule has 116 valence electrons. The van der Waals surface area contributed by atoms with Crippen molar-refractivity contribution in [2.24, 2.45) is 0 Å². The number of hydrogen-bond donors (Lipinski definition) is 0. The van der Waals surface area contributed by atoms with Gasteiger partial charge in [0.2, 0.25) is 0 Å². The Morgan fingerprint density at radius 3 is 2.91 bits per heavy atom. The van der Waals surface area contributed by atoms with Crippen LogP contribution in [-0.2, 0) is 11.2 Å². The Hall–Kier alpha value is -1.16. The Morgan fingerprint density at radius 2 is 2.09 bits per heavy atom. The van der Waals surface area contributed by atoms with Crippen molar-refractivity contribution in [1.82, 2.24) is 4.90 Å². The van der Waals surface area contributed by atoms with Crippen molar-refractivity contribution in [3.63, 3.8) is 0 Å². The van der Waals surface area contributed by atoms with Crippen LogP contribution < -0.4 is 0 Å².